The molecule has 0 aliphatic carbocycles. The molecule has 0 aromatic heterocycles. The molecule has 0 unspecified atom stereocenters. The summed E-state index contributed by atoms with van der Waals surface area (Å²) < 4.78 is 5.61. The fourth-order valence-corrected chi connectivity index (χ4v) is 1.67. The van der Waals surface area contributed by atoms with Crippen molar-refractivity contribution in [2.75, 3.05) is 12.5 Å². The first kappa shape index (κ1) is 15.8. The number of halogens is 1. The first-order valence-corrected chi connectivity index (χ1v) is 7.25. The Bertz CT molecular complexity index is 400. The van der Waals surface area contributed by atoms with E-state index in [0.717, 1.165) is 32.3 Å². The quantitative estimate of drug-likeness (QED) is 0.293. The van der Waals surface area contributed by atoms with Gasteiger partial charge in [-0.05, 0) is 18.4 Å². The number of unbranched alkanes of at least 4 members (excludes halogenated alkanes) is 2. The van der Waals surface area contributed by atoms with Gasteiger partial charge in [0.25, 0.3) is 0 Å². The Kier molecular flexibility index (Phi) is 9.86. The Labute approximate surface area is 121 Å². The van der Waals surface area contributed by atoms with E-state index in [1.54, 1.807) is 0 Å². The highest BCUT2D eigenvalue weighted by molar-refractivity contribution is 6.18. The van der Waals surface area contributed by atoms with Gasteiger partial charge in [-0.2, -0.15) is 0 Å². The summed E-state index contributed by atoms with van der Waals surface area (Å²) in [7, 11) is 0. The van der Waals surface area contributed by atoms with Crippen molar-refractivity contribution in [3.63, 3.8) is 0 Å². The van der Waals surface area contributed by atoms with E-state index in [4.69, 9.17) is 16.3 Å². The van der Waals surface area contributed by atoms with Gasteiger partial charge in [-0.25, -0.2) is 0 Å². The first-order chi connectivity index (χ1) is 9.43. The van der Waals surface area contributed by atoms with Crippen LogP contribution in [0.1, 0.15) is 31.2 Å². The molecular formula is C17H21ClO. The van der Waals surface area contributed by atoms with E-state index in [2.05, 4.69) is 24.0 Å². The van der Waals surface area contributed by atoms with Crippen LogP contribution in [0.25, 0.3) is 0 Å². The van der Waals surface area contributed by atoms with E-state index in [1.807, 2.05) is 30.4 Å². The maximum Gasteiger partial charge on any atom is 0.0716 e. The Morgan fingerprint density at radius 3 is 2.68 bits per heavy atom. The number of ether oxygens (including phenoxy) is 1. The lowest BCUT2D eigenvalue weighted by molar-refractivity contribution is 0.117. The van der Waals surface area contributed by atoms with Crippen molar-refractivity contribution in [1.82, 2.24) is 0 Å². The highest BCUT2D eigenvalue weighted by Gasteiger charge is 1.91. The lowest BCUT2D eigenvalue weighted by atomic mass is 10.2. The second-order valence-corrected chi connectivity index (χ2v) is 4.49. The third-order valence-electron chi connectivity index (χ3n) is 2.55. The molecule has 0 atom stereocenters. The minimum atomic E-state index is 0.570. The molecule has 2 heteroatoms. The summed E-state index contributed by atoms with van der Waals surface area (Å²) in [5.74, 6) is 6.82. The molecular weight excluding hydrogens is 256 g/mol. The van der Waals surface area contributed by atoms with Crippen LogP contribution in [-0.2, 0) is 11.3 Å². The Morgan fingerprint density at radius 2 is 1.89 bits per heavy atom. The van der Waals surface area contributed by atoms with Crippen molar-refractivity contribution >= 4 is 11.6 Å². The Morgan fingerprint density at radius 1 is 1.05 bits per heavy atom. The van der Waals surface area contributed by atoms with E-state index in [9.17, 15) is 0 Å². The molecule has 0 aliphatic heterocycles. The van der Waals surface area contributed by atoms with E-state index < -0.39 is 0 Å². The van der Waals surface area contributed by atoms with E-state index >= 15 is 0 Å². The molecule has 0 amide bonds. The van der Waals surface area contributed by atoms with Crippen LogP contribution in [-0.4, -0.2) is 12.5 Å². The number of benzene rings is 1. The number of alkyl halides is 1. The van der Waals surface area contributed by atoms with Crippen molar-refractivity contribution < 1.29 is 4.74 Å². The molecule has 0 saturated heterocycles. The minimum Gasteiger partial charge on any atom is -0.377 e. The third-order valence-corrected chi connectivity index (χ3v) is 2.73. The van der Waals surface area contributed by atoms with Gasteiger partial charge in [0.05, 0.1) is 6.61 Å². The van der Waals surface area contributed by atoms with E-state index in [0.29, 0.717) is 12.5 Å². The topological polar surface area (TPSA) is 9.23 Å². The molecule has 0 heterocycles. The van der Waals surface area contributed by atoms with Crippen LogP contribution >= 0.6 is 11.6 Å². The molecule has 0 N–H and O–H groups in total. The van der Waals surface area contributed by atoms with Crippen LogP contribution in [0.15, 0.2) is 42.5 Å². The van der Waals surface area contributed by atoms with Crippen LogP contribution in [0.3, 0.4) is 0 Å². The number of hydrogen-bond donors (Lipinski definition) is 0. The largest absolute Gasteiger partial charge is 0.377 e. The number of hydrogen-bond acceptors (Lipinski definition) is 1. The molecule has 1 nitrogen and oxygen atoms in total. The lowest BCUT2D eigenvalue weighted by Crippen LogP contribution is -1.95. The van der Waals surface area contributed by atoms with Gasteiger partial charge < -0.3 is 4.74 Å². The molecule has 0 radical (unpaired) electrons. The zero-order valence-electron chi connectivity index (χ0n) is 11.3. The molecule has 1 rings (SSSR count). The van der Waals surface area contributed by atoms with Crippen LogP contribution in [0.2, 0.25) is 0 Å². The molecule has 0 fully saturated rings. The Balaban J connectivity index is 1.93. The summed E-state index contributed by atoms with van der Waals surface area (Å²) in [4.78, 5) is 0. The first-order valence-electron chi connectivity index (χ1n) is 6.72. The second kappa shape index (κ2) is 11.8. The summed E-state index contributed by atoms with van der Waals surface area (Å²) in [6.45, 7) is 1.51. The van der Waals surface area contributed by atoms with Crippen molar-refractivity contribution in [1.29, 1.82) is 0 Å². The SMILES string of the molecule is ClC/C=C/CC#CCCCCOCc1ccccc1. The molecule has 1 aromatic rings. The Hall–Kier alpha value is -1.23. The normalized spacial score (nSPS) is 10.4. The van der Waals surface area contributed by atoms with Gasteiger partial charge in [0.1, 0.15) is 0 Å². The maximum atomic E-state index is 5.61. The molecule has 0 spiro atoms. The lowest BCUT2D eigenvalue weighted by Gasteiger charge is -2.02. The molecule has 0 aliphatic rings. The monoisotopic (exact) mass is 276 g/mol. The average Bonchev–Trinajstić information content (AvgIpc) is 2.46. The molecule has 1 aromatic carbocycles. The maximum absolute atomic E-state index is 5.61. The highest BCUT2D eigenvalue weighted by atomic mass is 35.5. The van der Waals surface area contributed by atoms with Crippen LogP contribution < -0.4 is 0 Å². The van der Waals surface area contributed by atoms with Crippen molar-refractivity contribution in [2.24, 2.45) is 0 Å². The van der Waals surface area contributed by atoms with Crippen molar-refractivity contribution in [3.05, 3.63) is 48.0 Å². The summed E-state index contributed by atoms with van der Waals surface area (Å²) in [6.07, 6.45) is 7.84. The van der Waals surface area contributed by atoms with Gasteiger partial charge in [0.15, 0.2) is 0 Å². The molecule has 0 bridgehead atoms. The van der Waals surface area contributed by atoms with Crippen molar-refractivity contribution in [3.8, 4) is 11.8 Å². The van der Waals surface area contributed by atoms with Crippen molar-refractivity contribution in [2.45, 2.75) is 32.3 Å². The second-order valence-electron chi connectivity index (χ2n) is 4.18. The molecule has 19 heavy (non-hydrogen) atoms. The van der Waals surface area contributed by atoms with Gasteiger partial charge in [-0.15, -0.1) is 17.5 Å². The third kappa shape index (κ3) is 9.36. The van der Waals surface area contributed by atoms with Gasteiger partial charge in [-0.3, -0.25) is 0 Å². The van der Waals surface area contributed by atoms with Crippen LogP contribution in [0.4, 0.5) is 0 Å². The molecule has 0 saturated carbocycles. The standard InChI is InChI=1S/C17H21ClO/c18-14-10-5-3-1-2-4-6-11-15-19-16-17-12-8-7-9-13-17/h5,7-10,12-13H,3-4,6,11,14-16H2/b10-5+. The summed E-state index contributed by atoms with van der Waals surface area (Å²) >= 11 is 5.51. The van der Waals surface area contributed by atoms with Crippen LogP contribution in [0.5, 0.6) is 0 Å². The van der Waals surface area contributed by atoms with Gasteiger partial charge in [-0.1, -0.05) is 48.4 Å². The van der Waals surface area contributed by atoms with E-state index in [1.165, 1.54) is 5.56 Å². The average molecular weight is 277 g/mol. The van der Waals surface area contributed by atoms with Gasteiger partial charge in [0, 0.05) is 25.3 Å². The van der Waals surface area contributed by atoms with E-state index in [-0.39, 0.29) is 0 Å². The number of rotatable bonds is 8. The fourth-order valence-electron chi connectivity index (χ4n) is 1.55. The predicted molar refractivity (Wildman–Crippen MR) is 82.2 cm³/mol. The summed E-state index contributed by atoms with van der Waals surface area (Å²) in [5.41, 5.74) is 1.23. The minimum absolute atomic E-state index is 0.570. The summed E-state index contributed by atoms with van der Waals surface area (Å²) in [5, 5.41) is 0. The zero-order chi connectivity index (χ0) is 13.6. The van der Waals surface area contributed by atoms with Gasteiger partial charge in [0.2, 0.25) is 0 Å². The smallest absolute Gasteiger partial charge is 0.0716 e. The predicted octanol–water partition coefficient (Wildman–Crippen LogP) is 4.56. The summed E-state index contributed by atoms with van der Waals surface area (Å²) in [6, 6.07) is 10.3. The van der Waals surface area contributed by atoms with Gasteiger partial charge >= 0.3 is 0 Å². The fraction of sp³-hybridized carbons (Fsp3) is 0.412. The molecule has 102 valence electrons. The highest BCUT2D eigenvalue weighted by Crippen LogP contribution is 2.02. The number of allylic oxidation sites excluding steroid dienone is 2. The van der Waals surface area contributed by atoms with Crippen LogP contribution in [0, 0.1) is 11.8 Å². The zero-order valence-corrected chi connectivity index (χ0v) is 12.0.